The lowest BCUT2D eigenvalue weighted by molar-refractivity contribution is 0.375. The van der Waals surface area contributed by atoms with Crippen LogP contribution in [0.15, 0.2) is 41.2 Å². The molecule has 2 heterocycles. The number of hydrogen-bond donors (Lipinski definition) is 1. The molecular formula is C15H16N4O. The lowest BCUT2D eigenvalue weighted by atomic mass is 10.1. The summed E-state index contributed by atoms with van der Waals surface area (Å²) in [6.45, 7) is 3.64. The molecule has 3 rings (SSSR count). The Kier molecular flexibility index (Phi) is 3.69. The third-order valence-corrected chi connectivity index (χ3v) is 3.14. The van der Waals surface area contributed by atoms with Crippen molar-refractivity contribution < 1.29 is 4.52 Å². The van der Waals surface area contributed by atoms with Crippen LogP contribution in [0.4, 0.5) is 0 Å². The fourth-order valence-electron chi connectivity index (χ4n) is 2.12. The molecule has 0 saturated heterocycles. The van der Waals surface area contributed by atoms with Crippen molar-refractivity contribution in [3.05, 3.63) is 53.8 Å². The molecule has 0 aliphatic carbocycles. The zero-order valence-corrected chi connectivity index (χ0v) is 11.3. The van der Waals surface area contributed by atoms with Gasteiger partial charge in [0.2, 0.25) is 5.89 Å². The monoisotopic (exact) mass is 268 g/mol. The Morgan fingerprint density at radius 3 is 3.00 bits per heavy atom. The highest BCUT2D eigenvalue weighted by Crippen LogP contribution is 2.14. The normalized spacial score (nSPS) is 11.1. The van der Waals surface area contributed by atoms with Crippen molar-refractivity contribution in [2.24, 2.45) is 0 Å². The van der Waals surface area contributed by atoms with E-state index in [2.05, 4.69) is 44.7 Å². The van der Waals surface area contributed by atoms with Crippen molar-refractivity contribution >= 4 is 10.9 Å². The van der Waals surface area contributed by atoms with E-state index in [9.17, 15) is 0 Å². The second-order valence-corrected chi connectivity index (χ2v) is 4.74. The molecule has 3 aromatic rings. The fraction of sp³-hybridized carbons (Fsp3) is 0.267. The van der Waals surface area contributed by atoms with Crippen molar-refractivity contribution in [3.63, 3.8) is 0 Å². The second-order valence-electron chi connectivity index (χ2n) is 4.74. The lowest BCUT2D eigenvalue weighted by Gasteiger charge is -2.05. The summed E-state index contributed by atoms with van der Waals surface area (Å²) in [6.07, 6.45) is 2.17. The molecule has 0 aliphatic heterocycles. The summed E-state index contributed by atoms with van der Waals surface area (Å²) in [5.74, 6) is 0.663. The number of aromatic nitrogens is 3. The second kappa shape index (κ2) is 5.79. The molecular weight excluding hydrogens is 252 g/mol. The minimum Gasteiger partial charge on any atom is -0.340 e. The van der Waals surface area contributed by atoms with E-state index in [0.717, 1.165) is 30.7 Å². The maximum absolute atomic E-state index is 4.95. The van der Waals surface area contributed by atoms with Crippen LogP contribution in [0.3, 0.4) is 0 Å². The molecule has 0 unspecified atom stereocenters. The van der Waals surface area contributed by atoms with Gasteiger partial charge < -0.3 is 9.84 Å². The molecule has 2 aromatic heterocycles. The Morgan fingerprint density at radius 2 is 2.15 bits per heavy atom. The van der Waals surface area contributed by atoms with Crippen LogP contribution in [0.2, 0.25) is 0 Å². The van der Waals surface area contributed by atoms with Gasteiger partial charge in [0, 0.05) is 30.6 Å². The van der Waals surface area contributed by atoms with Crippen LogP contribution < -0.4 is 5.32 Å². The van der Waals surface area contributed by atoms with E-state index in [4.69, 9.17) is 4.52 Å². The minimum atomic E-state index is 0.663. The molecule has 5 nitrogen and oxygen atoms in total. The van der Waals surface area contributed by atoms with Gasteiger partial charge in [-0.1, -0.05) is 17.3 Å². The lowest BCUT2D eigenvalue weighted by Crippen LogP contribution is -2.16. The molecule has 0 bridgehead atoms. The highest BCUT2D eigenvalue weighted by molar-refractivity contribution is 5.79. The topological polar surface area (TPSA) is 63.8 Å². The summed E-state index contributed by atoms with van der Waals surface area (Å²) in [5, 5.41) is 8.12. The van der Waals surface area contributed by atoms with Gasteiger partial charge in [0.15, 0.2) is 6.33 Å². The molecule has 0 radical (unpaired) electrons. The molecule has 0 saturated carbocycles. The number of pyridine rings is 1. The number of benzene rings is 1. The van der Waals surface area contributed by atoms with E-state index in [-0.39, 0.29) is 0 Å². The first-order valence-electron chi connectivity index (χ1n) is 6.64. The zero-order valence-electron chi connectivity index (χ0n) is 11.3. The van der Waals surface area contributed by atoms with E-state index in [1.165, 1.54) is 17.3 Å². The number of aryl methyl sites for hydroxylation is 1. The smallest absolute Gasteiger partial charge is 0.227 e. The average molecular weight is 268 g/mol. The molecule has 102 valence electrons. The Hall–Kier alpha value is -2.27. The number of nitrogens with one attached hydrogen (secondary N) is 1. The number of rotatable bonds is 5. The molecule has 0 spiro atoms. The Labute approximate surface area is 117 Å². The maximum atomic E-state index is 4.95. The van der Waals surface area contributed by atoms with Gasteiger partial charge in [-0.25, -0.2) is 0 Å². The predicted octanol–water partition coefficient (Wildman–Crippen LogP) is 2.26. The van der Waals surface area contributed by atoms with Gasteiger partial charge in [-0.05, 0) is 30.7 Å². The van der Waals surface area contributed by atoms with E-state index < -0.39 is 0 Å². The zero-order chi connectivity index (χ0) is 13.8. The molecule has 20 heavy (non-hydrogen) atoms. The summed E-state index contributed by atoms with van der Waals surface area (Å²) in [7, 11) is 0. The highest BCUT2D eigenvalue weighted by Gasteiger charge is 2.00. The quantitative estimate of drug-likeness (QED) is 0.719. The van der Waals surface area contributed by atoms with Crippen LogP contribution in [0.5, 0.6) is 0 Å². The van der Waals surface area contributed by atoms with Gasteiger partial charge in [-0.2, -0.15) is 4.98 Å². The van der Waals surface area contributed by atoms with Crippen molar-refractivity contribution in [2.45, 2.75) is 19.9 Å². The largest absolute Gasteiger partial charge is 0.340 e. The van der Waals surface area contributed by atoms with Crippen molar-refractivity contribution in [1.29, 1.82) is 0 Å². The van der Waals surface area contributed by atoms with E-state index >= 15 is 0 Å². The average Bonchev–Trinajstić information content (AvgIpc) is 2.97. The summed E-state index contributed by atoms with van der Waals surface area (Å²) < 4.78 is 4.95. The van der Waals surface area contributed by atoms with Crippen LogP contribution in [0.25, 0.3) is 10.9 Å². The van der Waals surface area contributed by atoms with Crippen LogP contribution >= 0.6 is 0 Å². The van der Waals surface area contributed by atoms with Crippen LogP contribution in [0, 0.1) is 6.92 Å². The first-order valence-corrected chi connectivity index (χ1v) is 6.64. The van der Waals surface area contributed by atoms with E-state index in [0.29, 0.717) is 5.89 Å². The van der Waals surface area contributed by atoms with Crippen LogP contribution in [-0.4, -0.2) is 21.7 Å². The molecule has 1 N–H and O–H groups in total. The van der Waals surface area contributed by atoms with Crippen LogP contribution in [0.1, 0.15) is 17.1 Å². The van der Waals surface area contributed by atoms with Gasteiger partial charge in [-0.3, -0.25) is 4.98 Å². The molecule has 1 aromatic carbocycles. The number of fused-ring (bicyclic) bond motifs is 1. The first kappa shape index (κ1) is 12.7. The summed E-state index contributed by atoms with van der Waals surface area (Å²) in [5.41, 5.74) is 3.33. The molecule has 0 amide bonds. The summed E-state index contributed by atoms with van der Waals surface area (Å²) >= 11 is 0. The Balaban J connectivity index is 1.58. The minimum absolute atomic E-state index is 0.663. The van der Waals surface area contributed by atoms with Gasteiger partial charge in [0.05, 0.1) is 5.52 Å². The molecule has 0 aliphatic rings. The predicted molar refractivity (Wildman–Crippen MR) is 76.2 cm³/mol. The van der Waals surface area contributed by atoms with E-state index in [1.54, 1.807) is 0 Å². The third kappa shape index (κ3) is 3.00. The molecule has 5 heteroatoms. The highest BCUT2D eigenvalue weighted by atomic mass is 16.5. The SMILES string of the molecule is Cc1ccc2cc(CNCCc3ncno3)ccc2n1. The molecule has 0 fully saturated rings. The van der Waals surface area contributed by atoms with Crippen molar-refractivity contribution in [3.8, 4) is 0 Å². The van der Waals surface area contributed by atoms with Gasteiger partial charge in [-0.15, -0.1) is 0 Å². The van der Waals surface area contributed by atoms with Crippen LogP contribution in [-0.2, 0) is 13.0 Å². The third-order valence-electron chi connectivity index (χ3n) is 3.14. The summed E-state index contributed by atoms with van der Waals surface area (Å²) in [4.78, 5) is 8.48. The Bertz CT molecular complexity index is 694. The Morgan fingerprint density at radius 1 is 1.20 bits per heavy atom. The van der Waals surface area contributed by atoms with Crippen molar-refractivity contribution in [2.75, 3.05) is 6.54 Å². The fourth-order valence-corrected chi connectivity index (χ4v) is 2.12. The molecule has 0 atom stereocenters. The first-order chi connectivity index (χ1) is 9.81. The maximum Gasteiger partial charge on any atom is 0.227 e. The number of hydrogen-bond acceptors (Lipinski definition) is 5. The van der Waals surface area contributed by atoms with E-state index in [1.807, 2.05) is 13.0 Å². The standard InChI is InChI=1S/C15H16N4O/c1-11-2-4-13-8-12(3-5-14(13)19-11)9-16-7-6-15-17-10-18-20-15/h2-5,8,10,16H,6-7,9H2,1H3. The summed E-state index contributed by atoms with van der Waals surface area (Å²) in [6, 6.07) is 10.5. The van der Waals surface area contributed by atoms with Gasteiger partial charge in [0.25, 0.3) is 0 Å². The van der Waals surface area contributed by atoms with Crippen molar-refractivity contribution in [1.82, 2.24) is 20.4 Å². The number of nitrogens with zero attached hydrogens (tertiary/aromatic N) is 3. The van der Waals surface area contributed by atoms with Gasteiger partial charge in [0.1, 0.15) is 0 Å². The van der Waals surface area contributed by atoms with Gasteiger partial charge >= 0.3 is 0 Å².